The lowest BCUT2D eigenvalue weighted by atomic mass is 9.95. The Balaban J connectivity index is 2.14. The van der Waals surface area contributed by atoms with Gasteiger partial charge < -0.3 is 5.32 Å². The summed E-state index contributed by atoms with van der Waals surface area (Å²) in [6, 6.07) is 0. The molecular weight excluding hydrogens is 124 g/mol. The van der Waals surface area contributed by atoms with Crippen LogP contribution >= 0.6 is 0 Å². The van der Waals surface area contributed by atoms with Crippen molar-refractivity contribution < 1.29 is 0 Å². The smallest absolute Gasteiger partial charge is 0.0652 e. The van der Waals surface area contributed by atoms with Gasteiger partial charge in [0.1, 0.15) is 0 Å². The zero-order valence-electron chi connectivity index (χ0n) is 6.24. The Morgan fingerprint density at radius 2 is 2.00 bits per heavy atom. The Morgan fingerprint density at radius 3 is 2.90 bits per heavy atom. The second kappa shape index (κ2) is 2.62. The maximum absolute atomic E-state index is 3.39. The van der Waals surface area contributed by atoms with Crippen molar-refractivity contribution in [3.05, 3.63) is 11.3 Å². The van der Waals surface area contributed by atoms with Gasteiger partial charge in [-0.2, -0.15) is 0 Å². The minimum absolute atomic E-state index is 0.971. The third-order valence-corrected chi connectivity index (χ3v) is 2.35. The minimum Gasteiger partial charge on any atom is -0.376 e. The highest BCUT2D eigenvalue weighted by atomic mass is 15.1. The molecule has 2 rings (SSSR count). The summed E-state index contributed by atoms with van der Waals surface area (Å²) >= 11 is 0. The van der Waals surface area contributed by atoms with Gasteiger partial charge in [0.15, 0.2) is 0 Å². The van der Waals surface area contributed by atoms with Crippen molar-refractivity contribution in [2.45, 2.75) is 25.7 Å². The number of nitrogens with one attached hydrogen (secondary N) is 2. The number of hydrogen-bond donors (Lipinski definition) is 2. The lowest BCUT2D eigenvalue weighted by Crippen LogP contribution is -2.37. The standard InChI is InChI=1S/C8H14N2/c1-2-4-8-7(3-1)5-9-6-10-8/h9-10H,1-6H2. The topological polar surface area (TPSA) is 24.1 Å². The summed E-state index contributed by atoms with van der Waals surface area (Å²) in [6.45, 7) is 2.10. The van der Waals surface area contributed by atoms with Crippen LogP contribution in [0.25, 0.3) is 0 Å². The largest absolute Gasteiger partial charge is 0.376 e. The Kier molecular flexibility index (Phi) is 1.63. The quantitative estimate of drug-likeness (QED) is 0.521. The molecule has 2 nitrogen and oxygen atoms in total. The number of allylic oxidation sites excluding steroid dienone is 1. The molecular formula is C8H14N2. The van der Waals surface area contributed by atoms with Gasteiger partial charge in [0.2, 0.25) is 0 Å². The molecule has 0 unspecified atom stereocenters. The predicted molar refractivity (Wildman–Crippen MR) is 41.5 cm³/mol. The fourth-order valence-electron chi connectivity index (χ4n) is 1.76. The molecule has 56 valence electrons. The fraction of sp³-hybridized carbons (Fsp3) is 0.750. The molecule has 0 saturated heterocycles. The van der Waals surface area contributed by atoms with Gasteiger partial charge >= 0.3 is 0 Å². The lowest BCUT2D eigenvalue weighted by Gasteiger charge is -2.26. The van der Waals surface area contributed by atoms with Crippen LogP contribution in [0, 0.1) is 0 Å². The minimum atomic E-state index is 0.971. The van der Waals surface area contributed by atoms with E-state index in [0.29, 0.717) is 0 Å². The van der Waals surface area contributed by atoms with Crippen LogP contribution < -0.4 is 10.6 Å². The molecule has 2 N–H and O–H groups in total. The maximum Gasteiger partial charge on any atom is 0.0652 e. The van der Waals surface area contributed by atoms with Gasteiger partial charge in [0.05, 0.1) is 6.67 Å². The predicted octanol–water partition coefficient (Wildman–Crippen LogP) is 0.965. The Morgan fingerprint density at radius 1 is 1.10 bits per heavy atom. The summed E-state index contributed by atoms with van der Waals surface area (Å²) in [5.41, 5.74) is 3.16. The molecule has 0 amide bonds. The molecule has 0 aromatic carbocycles. The van der Waals surface area contributed by atoms with E-state index in [0.717, 1.165) is 13.2 Å². The molecule has 0 fully saturated rings. The van der Waals surface area contributed by atoms with Gasteiger partial charge in [-0.15, -0.1) is 0 Å². The first-order chi connectivity index (χ1) is 4.97. The first-order valence-electron chi connectivity index (χ1n) is 4.12. The Bertz CT molecular complexity index is 127. The van der Waals surface area contributed by atoms with Crippen LogP contribution in [0.15, 0.2) is 11.3 Å². The van der Waals surface area contributed by atoms with Crippen LogP contribution in [0.4, 0.5) is 0 Å². The highest BCUT2D eigenvalue weighted by Gasteiger charge is 2.14. The molecule has 0 aromatic heterocycles. The normalized spacial score (nSPS) is 25.6. The van der Waals surface area contributed by atoms with E-state index in [1.54, 1.807) is 5.57 Å². The first-order valence-corrected chi connectivity index (χ1v) is 4.12. The molecule has 1 aliphatic carbocycles. The van der Waals surface area contributed by atoms with Crippen LogP contribution in [0.5, 0.6) is 0 Å². The molecule has 0 bridgehead atoms. The van der Waals surface area contributed by atoms with Crippen LogP contribution in [-0.4, -0.2) is 13.2 Å². The summed E-state index contributed by atoms with van der Waals surface area (Å²) in [7, 11) is 0. The molecule has 0 spiro atoms. The van der Waals surface area contributed by atoms with Gasteiger partial charge in [0, 0.05) is 12.2 Å². The van der Waals surface area contributed by atoms with E-state index in [4.69, 9.17) is 0 Å². The van der Waals surface area contributed by atoms with Gasteiger partial charge in [-0.25, -0.2) is 0 Å². The van der Waals surface area contributed by atoms with E-state index < -0.39 is 0 Å². The second-order valence-electron chi connectivity index (χ2n) is 3.07. The Hall–Kier alpha value is -0.500. The fourth-order valence-corrected chi connectivity index (χ4v) is 1.76. The van der Waals surface area contributed by atoms with Crippen LogP contribution in [0.1, 0.15) is 25.7 Å². The highest BCUT2D eigenvalue weighted by Crippen LogP contribution is 2.23. The summed E-state index contributed by atoms with van der Waals surface area (Å²) in [5, 5.41) is 6.70. The summed E-state index contributed by atoms with van der Waals surface area (Å²) in [5.74, 6) is 0. The molecule has 10 heavy (non-hydrogen) atoms. The average Bonchev–Trinajstić information content (AvgIpc) is 2.05. The van der Waals surface area contributed by atoms with Gasteiger partial charge in [-0.1, -0.05) is 0 Å². The van der Waals surface area contributed by atoms with E-state index in [1.807, 2.05) is 0 Å². The van der Waals surface area contributed by atoms with Crippen molar-refractivity contribution in [2.75, 3.05) is 13.2 Å². The maximum atomic E-state index is 3.39. The monoisotopic (exact) mass is 138 g/mol. The molecule has 0 aromatic rings. The van der Waals surface area contributed by atoms with Crippen molar-refractivity contribution in [2.24, 2.45) is 0 Å². The summed E-state index contributed by atoms with van der Waals surface area (Å²) in [4.78, 5) is 0. The van der Waals surface area contributed by atoms with E-state index in [-0.39, 0.29) is 0 Å². The third kappa shape index (κ3) is 1.03. The van der Waals surface area contributed by atoms with Crippen LogP contribution in [0.3, 0.4) is 0 Å². The zero-order valence-corrected chi connectivity index (χ0v) is 6.24. The highest BCUT2D eigenvalue weighted by molar-refractivity contribution is 5.18. The number of rotatable bonds is 0. The van der Waals surface area contributed by atoms with E-state index in [2.05, 4.69) is 10.6 Å². The molecule has 0 radical (unpaired) electrons. The molecule has 2 heteroatoms. The van der Waals surface area contributed by atoms with Crippen molar-refractivity contribution in [3.63, 3.8) is 0 Å². The van der Waals surface area contributed by atoms with Crippen molar-refractivity contribution in [3.8, 4) is 0 Å². The van der Waals surface area contributed by atoms with Crippen molar-refractivity contribution in [1.82, 2.24) is 10.6 Å². The van der Waals surface area contributed by atoms with Gasteiger partial charge in [-0.3, -0.25) is 5.32 Å². The number of hydrogen-bond acceptors (Lipinski definition) is 2. The molecule has 2 aliphatic rings. The summed E-state index contributed by atoms with van der Waals surface area (Å²) < 4.78 is 0. The average molecular weight is 138 g/mol. The van der Waals surface area contributed by atoms with Crippen molar-refractivity contribution >= 4 is 0 Å². The third-order valence-electron chi connectivity index (χ3n) is 2.35. The zero-order chi connectivity index (χ0) is 6.81. The van der Waals surface area contributed by atoms with E-state index in [1.165, 1.54) is 31.4 Å². The molecule has 0 saturated carbocycles. The Labute approximate surface area is 61.7 Å². The molecule has 0 atom stereocenters. The van der Waals surface area contributed by atoms with Crippen LogP contribution in [-0.2, 0) is 0 Å². The SMILES string of the molecule is C1CCC2=C(C1)CNCN2. The van der Waals surface area contributed by atoms with Gasteiger partial charge in [0.25, 0.3) is 0 Å². The molecule has 1 aliphatic heterocycles. The molecule has 1 heterocycles. The van der Waals surface area contributed by atoms with Crippen molar-refractivity contribution in [1.29, 1.82) is 0 Å². The lowest BCUT2D eigenvalue weighted by molar-refractivity contribution is 0.527. The second-order valence-corrected chi connectivity index (χ2v) is 3.07. The van der Waals surface area contributed by atoms with Crippen LogP contribution in [0.2, 0.25) is 0 Å². The summed E-state index contributed by atoms with van der Waals surface area (Å²) in [6.07, 6.45) is 5.38. The first kappa shape index (κ1) is 6.23. The van der Waals surface area contributed by atoms with E-state index >= 15 is 0 Å². The van der Waals surface area contributed by atoms with E-state index in [9.17, 15) is 0 Å². The van der Waals surface area contributed by atoms with Gasteiger partial charge in [-0.05, 0) is 31.3 Å².